The van der Waals surface area contributed by atoms with Crippen LogP contribution in [-0.4, -0.2) is 17.7 Å². The third-order valence-electron chi connectivity index (χ3n) is 4.84. The topological polar surface area (TPSA) is 67.8 Å². The minimum absolute atomic E-state index is 0.107. The van der Waals surface area contributed by atoms with Gasteiger partial charge in [0.15, 0.2) is 11.5 Å². The molecule has 0 saturated carbocycles. The van der Waals surface area contributed by atoms with Gasteiger partial charge in [0.05, 0.1) is 22.2 Å². The van der Waals surface area contributed by atoms with Gasteiger partial charge in [-0.25, -0.2) is 9.18 Å². The first kappa shape index (κ1) is 23.7. The Morgan fingerprint density at radius 2 is 1.84 bits per heavy atom. The quantitative estimate of drug-likeness (QED) is 0.357. The number of anilines is 1. The van der Waals surface area contributed by atoms with Crippen molar-refractivity contribution in [2.45, 2.75) is 27.0 Å². The highest BCUT2D eigenvalue weighted by molar-refractivity contribution is 6.32. The lowest BCUT2D eigenvalue weighted by Gasteiger charge is -2.17. The number of aromatic carboxylic acids is 1. The zero-order valence-corrected chi connectivity index (χ0v) is 19.1. The minimum atomic E-state index is -0.982. The van der Waals surface area contributed by atoms with Gasteiger partial charge in [0.25, 0.3) is 0 Å². The molecule has 0 amide bonds. The molecule has 3 aromatic carbocycles. The van der Waals surface area contributed by atoms with Crippen molar-refractivity contribution in [1.82, 2.24) is 0 Å². The van der Waals surface area contributed by atoms with Crippen LogP contribution in [0.15, 0.2) is 48.5 Å². The number of ether oxygens (including phenoxy) is 2. The maximum atomic E-state index is 14.1. The standard InChI is InChI=1S/C24H22Cl2FNO4/c1-3-31-22-11-15(12-28-21-9-4-6-16(14(21)2)24(29)30)10-19(26)23(22)32-13-17-18(25)7-5-8-20(17)27/h4-11,28H,3,12-13H2,1-2H3,(H,29,30). The third-order valence-corrected chi connectivity index (χ3v) is 5.47. The van der Waals surface area contributed by atoms with Crippen molar-refractivity contribution in [3.05, 3.63) is 86.6 Å². The Kier molecular flexibility index (Phi) is 7.83. The molecule has 168 valence electrons. The van der Waals surface area contributed by atoms with E-state index in [9.17, 15) is 14.3 Å². The molecule has 0 aliphatic carbocycles. The van der Waals surface area contributed by atoms with Crippen LogP contribution >= 0.6 is 23.2 Å². The number of nitrogens with one attached hydrogen (secondary N) is 1. The molecule has 3 aromatic rings. The maximum Gasteiger partial charge on any atom is 0.336 e. The second-order valence-electron chi connectivity index (χ2n) is 6.96. The van der Waals surface area contributed by atoms with Crippen molar-refractivity contribution in [1.29, 1.82) is 0 Å². The molecule has 0 unspecified atom stereocenters. The Morgan fingerprint density at radius 3 is 2.53 bits per heavy atom. The number of halogens is 3. The van der Waals surface area contributed by atoms with Crippen LogP contribution in [0.4, 0.5) is 10.1 Å². The first-order valence-corrected chi connectivity index (χ1v) is 10.6. The SMILES string of the molecule is CCOc1cc(CNc2cccc(C(=O)O)c2C)cc(Cl)c1OCc1c(F)cccc1Cl. The zero-order chi connectivity index (χ0) is 23.3. The van der Waals surface area contributed by atoms with Crippen molar-refractivity contribution in [3.63, 3.8) is 0 Å². The number of rotatable bonds is 9. The molecule has 0 fully saturated rings. The van der Waals surface area contributed by atoms with Crippen LogP contribution in [0.3, 0.4) is 0 Å². The Balaban J connectivity index is 1.81. The van der Waals surface area contributed by atoms with Crippen LogP contribution in [-0.2, 0) is 13.2 Å². The van der Waals surface area contributed by atoms with Gasteiger partial charge in [0.2, 0.25) is 0 Å². The van der Waals surface area contributed by atoms with Gasteiger partial charge >= 0.3 is 5.97 Å². The summed E-state index contributed by atoms with van der Waals surface area (Å²) in [7, 11) is 0. The van der Waals surface area contributed by atoms with E-state index in [-0.39, 0.29) is 22.8 Å². The monoisotopic (exact) mass is 477 g/mol. The van der Waals surface area contributed by atoms with Gasteiger partial charge in [0, 0.05) is 17.8 Å². The van der Waals surface area contributed by atoms with Crippen LogP contribution < -0.4 is 14.8 Å². The average molecular weight is 478 g/mol. The van der Waals surface area contributed by atoms with E-state index >= 15 is 0 Å². The van der Waals surface area contributed by atoms with Crippen LogP contribution in [0.2, 0.25) is 10.0 Å². The molecule has 0 aliphatic rings. The Bertz CT molecular complexity index is 1120. The molecule has 0 aromatic heterocycles. The summed E-state index contributed by atoms with van der Waals surface area (Å²) < 4.78 is 25.5. The van der Waals surface area contributed by atoms with Crippen molar-refractivity contribution >= 4 is 34.9 Å². The lowest BCUT2D eigenvalue weighted by atomic mass is 10.1. The van der Waals surface area contributed by atoms with E-state index in [0.29, 0.717) is 40.9 Å². The molecule has 0 bridgehead atoms. The molecule has 0 atom stereocenters. The largest absolute Gasteiger partial charge is 0.490 e. The normalized spacial score (nSPS) is 10.7. The summed E-state index contributed by atoms with van der Waals surface area (Å²) in [6.07, 6.45) is 0. The fourth-order valence-corrected chi connectivity index (χ4v) is 3.70. The van der Waals surface area contributed by atoms with E-state index in [1.165, 1.54) is 12.1 Å². The number of benzene rings is 3. The summed E-state index contributed by atoms with van der Waals surface area (Å²) in [5.41, 5.74) is 2.60. The maximum absolute atomic E-state index is 14.1. The van der Waals surface area contributed by atoms with Crippen molar-refractivity contribution in [2.24, 2.45) is 0 Å². The zero-order valence-electron chi connectivity index (χ0n) is 17.5. The molecule has 0 spiro atoms. The number of hydrogen-bond donors (Lipinski definition) is 2. The molecule has 2 N–H and O–H groups in total. The van der Waals surface area contributed by atoms with Crippen molar-refractivity contribution in [3.8, 4) is 11.5 Å². The minimum Gasteiger partial charge on any atom is -0.490 e. The van der Waals surface area contributed by atoms with Gasteiger partial charge in [0.1, 0.15) is 12.4 Å². The number of carboxylic acid groups (broad SMARTS) is 1. The predicted molar refractivity (Wildman–Crippen MR) is 124 cm³/mol. The second kappa shape index (κ2) is 10.6. The highest BCUT2D eigenvalue weighted by atomic mass is 35.5. The molecule has 0 radical (unpaired) electrons. The highest BCUT2D eigenvalue weighted by Gasteiger charge is 2.16. The molecule has 5 nitrogen and oxygen atoms in total. The average Bonchev–Trinajstić information content (AvgIpc) is 2.74. The number of carbonyl (C=O) groups is 1. The molecular weight excluding hydrogens is 456 g/mol. The van der Waals surface area contributed by atoms with E-state index in [4.69, 9.17) is 32.7 Å². The summed E-state index contributed by atoms with van der Waals surface area (Å²) >= 11 is 12.5. The van der Waals surface area contributed by atoms with Crippen LogP contribution in [0, 0.1) is 12.7 Å². The molecule has 0 heterocycles. The number of hydrogen-bond acceptors (Lipinski definition) is 4. The first-order valence-electron chi connectivity index (χ1n) is 9.89. The summed E-state index contributed by atoms with van der Waals surface area (Å²) in [6.45, 7) is 4.23. The van der Waals surface area contributed by atoms with Gasteiger partial charge in [-0.15, -0.1) is 0 Å². The first-order chi connectivity index (χ1) is 15.3. The smallest absolute Gasteiger partial charge is 0.336 e. The van der Waals surface area contributed by atoms with Crippen LogP contribution in [0.25, 0.3) is 0 Å². The molecule has 0 aliphatic heterocycles. The highest BCUT2D eigenvalue weighted by Crippen LogP contribution is 2.38. The molecule has 3 rings (SSSR count). The predicted octanol–water partition coefficient (Wildman–Crippen LogP) is 6.73. The fraction of sp³-hybridized carbons (Fsp3) is 0.208. The second-order valence-corrected chi connectivity index (χ2v) is 7.78. The Labute approximate surface area is 195 Å². The van der Waals surface area contributed by atoms with E-state index in [2.05, 4.69) is 5.32 Å². The lowest BCUT2D eigenvalue weighted by Crippen LogP contribution is -2.07. The summed E-state index contributed by atoms with van der Waals surface area (Å²) in [5.74, 6) is -0.739. The Morgan fingerprint density at radius 1 is 1.09 bits per heavy atom. The molecule has 8 heteroatoms. The summed E-state index contributed by atoms with van der Waals surface area (Å²) in [5, 5.41) is 13.1. The molecule has 0 saturated heterocycles. The van der Waals surface area contributed by atoms with Gasteiger partial charge in [-0.1, -0.05) is 35.3 Å². The van der Waals surface area contributed by atoms with Gasteiger partial charge in [-0.05, 0) is 61.4 Å². The lowest BCUT2D eigenvalue weighted by molar-refractivity contribution is 0.0696. The molecule has 32 heavy (non-hydrogen) atoms. The third kappa shape index (κ3) is 5.44. The van der Waals surface area contributed by atoms with E-state index in [0.717, 1.165) is 5.56 Å². The fourth-order valence-electron chi connectivity index (χ4n) is 3.20. The van der Waals surface area contributed by atoms with Gasteiger partial charge in [-0.3, -0.25) is 0 Å². The van der Waals surface area contributed by atoms with E-state index in [1.807, 2.05) is 13.0 Å². The summed E-state index contributed by atoms with van der Waals surface area (Å²) in [6, 6.07) is 13.0. The van der Waals surface area contributed by atoms with E-state index in [1.54, 1.807) is 37.3 Å². The van der Waals surface area contributed by atoms with Crippen LogP contribution in [0.5, 0.6) is 11.5 Å². The van der Waals surface area contributed by atoms with Crippen LogP contribution in [0.1, 0.15) is 34.0 Å². The number of carboxylic acids is 1. The summed E-state index contributed by atoms with van der Waals surface area (Å²) in [4.78, 5) is 11.3. The van der Waals surface area contributed by atoms with Crippen molar-refractivity contribution in [2.75, 3.05) is 11.9 Å². The van der Waals surface area contributed by atoms with Gasteiger partial charge < -0.3 is 19.9 Å². The van der Waals surface area contributed by atoms with Crippen molar-refractivity contribution < 1.29 is 23.8 Å². The molecular formula is C24H22Cl2FNO4. The van der Waals surface area contributed by atoms with E-state index < -0.39 is 11.8 Å². The Hall–Kier alpha value is -2.96. The van der Waals surface area contributed by atoms with Gasteiger partial charge in [-0.2, -0.15) is 0 Å².